The molecule has 6 nitrogen and oxygen atoms in total. The van der Waals surface area contributed by atoms with Crippen LogP contribution >= 0.6 is 11.6 Å². The lowest BCUT2D eigenvalue weighted by molar-refractivity contribution is -0.166. The number of amides is 1. The maximum absolute atomic E-state index is 12.2. The van der Waals surface area contributed by atoms with Gasteiger partial charge in [-0.25, -0.2) is 5.06 Å². The van der Waals surface area contributed by atoms with Crippen molar-refractivity contribution in [2.45, 2.75) is 12.0 Å². The van der Waals surface area contributed by atoms with Crippen molar-refractivity contribution >= 4 is 23.3 Å². The van der Waals surface area contributed by atoms with Crippen LogP contribution < -0.4 is 4.74 Å². The van der Waals surface area contributed by atoms with Crippen LogP contribution in [0.5, 0.6) is 5.75 Å². The molecule has 2 aromatic rings. The molecule has 0 saturated carbocycles. The third-order valence-electron chi connectivity index (χ3n) is 3.80. The Balaban J connectivity index is 2.54. The van der Waals surface area contributed by atoms with Gasteiger partial charge >= 0.3 is 5.91 Å². The molecule has 0 aliphatic carbocycles. The Morgan fingerprint density at radius 3 is 2.32 bits per heavy atom. The molecule has 0 aliphatic rings. The molecule has 0 aliphatic heterocycles. The van der Waals surface area contributed by atoms with E-state index in [1.54, 1.807) is 42.5 Å². The average molecular weight is 364 g/mol. The molecule has 7 heteroatoms. The predicted molar refractivity (Wildman–Crippen MR) is 91.6 cm³/mol. The van der Waals surface area contributed by atoms with Crippen LogP contribution in [0.3, 0.4) is 0 Å². The summed E-state index contributed by atoms with van der Waals surface area (Å²) >= 11 is 6.01. The van der Waals surface area contributed by atoms with Gasteiger partial charge in [-0.1, -0.05) is 35.9 Å². The number of rotatable bonds is 6. The Morgan fingerprint density at radius 1 is 1.16 bits per heavy atom. The maximum Gasteiger partial charge on any atom is 0.313 e. The van der Waals surface area contributed by atoms with Gasteiger partial charge in [-0.3, -0.25) is 14.8 Å². The molecule has 0 spiro atoms. The molecule has 132 valence electrons. The Labute approximate surface area is 150 Å². The summed E-state index contributed by atoms with van der Waals surface area (Å²) < 4.78 is 5.16. The fourth-order valence-corrected chi connectivity index (χ4v) is 2.68. The summed E-state index contributed by atoms with van der Waals surface area (Å²) in [4.78, 5) is 23.9. The van der Waals surface area contributed by atoms with Crippen LogP contribution in [-0.4, -0.2) is 41.2 Å². The molecule has 0 heterocycles. The molecule has 0 radical (unpaired) electrons. The second-order valence-electron chi connectivity index (χ2n) is 5.53. The molecule has 2 N–H and O–H groups in total. The number of ether oxygens (including phenoxy) is 1. The molecule has 0 bridgehead atoms. The fraction of sp³-hybridized carbons (Fsp3) is 0.222. The minimum absolute atomic E-state index is 0.187. The summed E-state index contributed by atoms with van der Waals surface area (Å²) in [5.41, 5.74) is -1.12. The van der Waals surface area contributed by atoms with Crippen LogP contribution in [0.4, 0.5) is 0 Å². The molecule has 25 heavy (non-hydrogen) atoms. The van der Waals surface area contributed by atoms with E-state index in [4.69, 9.17) is 16.3 Å². The SMILES string of the molecule is COc1cccc(C(O)(CC(=O)C(=O)N(C)O)c2cccc(Cl)c2)c1. The topological polar surface area (TPSA) is 87.1 Å². The summed E-state index contributed by atoms with van der Waals surface area (Å²) in [6, 6.07) is 12.9. The van der Waals surface area contributed by atoms with E-state index in [0.29, 0.717) is 21.9 Å². The first-order valence-corrected chi connectivity index (χ1v) is 7.78. The highest BCUT2D eigenvalue weighted by molar-refractivity contribution is 6.36. The second-order valence-corrected chi connectivity index (χ2v) is 5.97. The van der Waals surface area contributed by atoms with Crippen LogP contribution in [0.25, 0.3) is 0 Å². The maximum atomic E-state index is 12.2. The van der Waals surface area contributed by atoms with Crippen molar-refractivity contribution in [1.29, 1.82) is 0 Å². The zero-order valence-corrected chi connectivity index (χ0v) is 14.5. The number of nitrogens with zero attached hydrogens (tertiary/aromatic N) is 1. The standard InChI is InChI=1S/C18H18ClNO5/c1-20(24)17(22)16(21)11-18(23,12-5-3-7-14(19)9-12)13-6-4-8-15(10-13)25-2/h3-10,23-24H,11H2,1-2H3. The van der Waals surface area contributed by atoms with Crippen LogP contribution in [0, 0.1) is 0 Å². The molecule has 1 unspecified atom stereocenters. The Morgan fingerprint density at radius 2 is 1.76 bits per heavy atom. The summed E-state index contributed by atoms with van der Waals surface area (Å²) in [5.74, 6) is -1.59. The Hall–Kier alpha value is -2.41. The highest BCUT2D eigenvalue weighted by atomic mass is 35.5. The van der Waals surface area contributed by atoms with Crippen LogP contribution in [0.15, 0.2) is 48.5 Å². The van der Waals surface area contributed by atoms with E-state index in [1.165, 1.54) is 13.2 Å². The first kappa shape index (κ1) is 18.9. The van der Waals surface area contributed by atoms with E-state index in [9.17, 15) is 19.9 Å². The zero-order valence-electron chi connectivity index (χ0n) is 13.8. The minimum atomic E-state index is -1.82. The van der Waals surface area contributed by atoms with Gasteiger partial charge in [0.2, 0.25) is 5.78 Å². The highest BCUT2D eigenvalue weighted by Gasteiger charge is 2.37. The molecule has 0 fully saturated rings. The van der Waals surface area contributed by atoms with Crippen LogP contribution in [-0.2, 0) is 15.2 Å². The highest BCUT2D eigenvalue weighted by Crippen LogP contribution is 2.36. The van der Waals surface area contributed by atoms with Crippen molar-refractivity contribution in [2.75, 3.05) is 14.2 Å². The molecule has 0 aromatic heterocycles. The molecule has 1 amide bonds. The van der Waals surface area contributed by atoms with Gasteiger partial charge in [0.1, 0.15) is 11.4 Å². The van der Waals surface area contributed by atoms with Crippen molar-refractivity contribution in [3.8, 4) is 5.75 Å². The van der Waals surface area contributed by atoms with Gasteiger partial charge in [0, 0.05) is 12.1 Å². The summed E-state index contributed by atoms with van der Waals surface area (Å²) in [5, 5.41) is 21.1. The monoisotopic (exact) mass is 363 g/mol. The van der Waals surface area contributed by atoms with Crippen molar-refractivity contribution in [2.24, 2.45) is 0 Å². The largest absolute Gasteiger partial charge is 0.497 e. The molecule has 2 aromatic carbocycles. The lowest BCUT2D eigenvalue weighted by Crippen LogP contribution is -2.37. The van der Waals surface area contributed by atoms with Crippen molar-refractivity contribution in [3.63, 3.8) is 0 Å². The number of halogens is 1. The predicted octanol–water partition coefficient (Wildman–Crippen LogP) is 2.39. The number of benzene rings is 2. The number of likely N-dealkylation sites (N-methyl/N-ethyl adjacent to an activating group) is 1. The first-order chi connectivity index (χ1) is 11.8. The number of hydrogen-bond donors (Lipinski definition) is 2. The summed E-state index contributed by atoms with van der Waals surface area (Å²) in [6.07, 6.45) is -0.565. The first-order valence-electron chi connectivity index (χ1n) is 7.40. The molecule has 1 atom stereocenters. The number of aliphatic hydroxyl groups is 1. The van der Waals surface area contributed by atoms with E-state index in [-0.39, 0.29) is 5.06 Å². The lowest BCUT2D eigenvalue weighted by atomic mass is 9.82. The second kappa shape index (κ2) is 7.65. The number of carbonyl (C=O) groups is 2. The third kappa shape index (κ3) is 4.17. The number of carbonyl (C=O) groups excluding carboxylic acids is 2. The Bertz CT molecular complexity index is 793. The number of hydrogen-bond acceptors (Lipinski definition) is 5. The lowest BCUT2D eigenvalue weighted by Gasteiger charge is -2.29. The summed E-state index contributed by atoms with van der Waals surface area (Å²) in [7, 11) is 2.52. The van der Waals surface area contributed by atoms with Crippen molar-refractivity contribution in [1.82, 2.24) is 5.06 Å². The molecular weight excluding hydrogens is 346 g/mol. The van der Waals surface area contributed by atoms with Gasteiger partial charge in [0.05, 0.1) is 13.5 Å². The van der Waals surface area contributed by atoms with Gasteiger partial charge in [-0.2, -0.15) is 0 Å². The normalized spacial score (nSPS) is 13.0. The van der Waals surface area contributed by atoms with Crippen molar-refractivity contribution in [3.05, 3.63) is 64.7 Å². The minimum Gasteiger partial charge on any atom is -0.497 e. The molecule has 2 rings (SSSR count). The van der Waals surface area contributed by atoms with E-state index >= 15 is 0 Å². The van der Waals surface area contributed by atoms with Gasteiger partial charge in [0.25, 0.3) is 0 Å². The van der Waals surface area contributed by atoms with Gasteiger partial charge < -0.3 is 9.84 Å². The number of ketones is 1. The number of Topliss-reactive ketones (excluding diaryl/α,β-unsaturated/α-hetero) is 1. The van der Waals surface area contributed by atoms with E-state index in [0.717, 1.165) is 7.05 Å². The third-order valence-corrected chi connectivity index (χ3v) is 4.03. The van der Waals surface area contributed by atoms with E-state index in [2.05, 4.69) is 0 Å². The Kier molecular flexibility index (Phi) is 5.79. The number of methoxy groups -OCH3 is 1. The zero-order chi connectivity index (χ0) is 18.6. The molecule has 0 saturated heterocycles. The summed E-state index contributed by atoms with van der Waals surface area (Å²) in [6.45, 7) is 0. The quantitative estimate of drug-likeness (QED) is 0.467. The van der Waals surface area contributed by atoms with Gasteiger partial charge in [0.15, 0.2) is 0 Å². The molecular formula is C18H18ClNO5. The van der Waals surface area contributed by atoms with Gasteiger partial charge in [-0.15, -0.1) is 0 Å². The number of hydroxylamine groups is 2. The average Bonchev–Trinajstić information content (AvgIpc) is 2.60. The van der Waals surface area contributed by atoms with E-state index in [1.807, 2.05) is 0 Å². The fourth-order valence-electron chi connectivity index (χ4n) is 2.49. The van der Waals surface area contributed by atoms with E-state index < -0.39 is 23.7 Å². The van der Waals surface area contributed by atoms with Gasteiger partial charge in [-0.05, 0) is 35.4 Å². The van der Waals surface area contributed by atoms with Crippen molar-refractivity contribution < 1.29 is 24.6 Å². The van der Waals surface area contributed by atoms with Crippen LogP contribution in [0.1, 0.15) is 17.5 Å². The smallest absolute Gasteiger partial charge is 0.313 e. The van der Waals surface area contributed by atoms with Crippen LogP contribution in [0.2, 0.25) is 5.02 Å².